The van der Waals surface area contributed by atoms with E-state index in [0.29, 0.717) is 0 Å². The Morgan fingerprint density at radius 2 is 1.79 bits per heavy atom. The van der Waals surface area contributed by atoms with Gasteiger partial charge in [-0.25, -0.2) is 0 Å². The predicted molar refractivity (Wildman–Crippen MR) is 83.6 cm³/mol. The van der Waals surface area contributed by atoms with Gasteiger partial charge in [-0.3, -0.25) is 0 Å². The minimum Gasteiger partial charge on any atom is -0.396 e. The highest BCUT2D eigenvalue weighted by Gasteiger charge is 2.12. The number of aliphatic hydroxyl groups is 1. The van der Waals surface area contributed by atoms with Crippen LogP contribution in [0.3, 0.4) is 0 Å². The summed E-state index contributed by atoms with van der Waals surface area (Å²) in [7, 11) is 0. The van der Waals surface area contributed by atoms with Crippen LogP contribution in [0.15, 0.2) is 53.0 Å². The second-order valence-electron chi connectivity index (χ2n) is 4.68. The van der Waals surface area contributed by atoms with Crippen LogP contribution in [-0.2, 0) is 12.8 Å². The lowest BCUT2D eigenvalue weighted by Crippen LogP contribution is -2.13. The minimum absolute atomic E-state index is 0.168. The first-order chi connectivity index (χ1) is 9.19. The van der Waals surface area contributed by atoms with Gasteiger partial charge in [-0.1, -0.05) is 63.9 Å². The molecule has 0 heterocycles. The van der Waals surface area contributed by atoms with E-state index < -0.39 is 0 Å². The summed E-state index contributed by atoms with van der Waals surface area (Å²) in [6, 6.07) is 16.1. The number of aliphatic hydroxyl groups excluding tert-OH is 1. The normalized spacial score (nSPS) is 12.4. The Hall–Kier alpha value is -0.830. The third kappa shape index (κ3) is 4.34. The summed E-state index contributed by atoms with van der Waals surface area (Å²) in [6.07, 6.45) is 1.65. The molecule has 0 aliphatic rings. The zero-order valence-electron chi connectivity index (χ0n) is 10.5. The average Bonchev–Trinajstić information content (AvgIpc) is 2.42. The van der Waals surface area contributed by atoms with Gasteiger partial charge in [0.05, 0.1) is 0 Å². The molecule has 0 fully saturated rings. The van der Waals surface area contributed by atoms with E-state index in [0.717, 1.165) is 27.9 Å². The second-order valence-corrected chi connectivity index (χ2v) is 6.00. The maximum Gasteiger partial charge on any atom is 0.0465 e. The third-order valence-electron chi connectivity index (χ3n) is 3.15. The molecular weight excluding hydrogens is 324 g/mol. The first-order valence-corrected chi connectivity index (χ1v) is 7.45. The fourth-order valence-electron chi connectivity index (χ4n) is 2.15. The van der Waals surface area contributed by atoms with Crippen LogP contribution in [0.25, 0.3) is 0 Å². The highest BCUT2D eigenvalue weighted by molar-refractivity contribution is 9.10. The lowest BCUT2D eigenvalue weighted by Gasteiger charge is -2.15. The zero-order valence-corrected chi connectivity index (χ0v) is 12.9. The van der Waals surface area contributed by atoms with E-state index in [1.165, 1.54) is 5.56 Å². The van der Waals surface area contributed by atoms with Crippen LogP contribution in [0.5, 0.6) is 0 Å². The van der Waals surface area contributed by atoms with Crippen LogP contribution in [-0.4, -0.2) is 11.7 Å². The van der Waals surface area contributed by atoms with E-state index >= 15 is 0 Å². The van der Waals surface area contributed by atoms with Crippen LogP contribution in [0.2, 0.25) is 5.02 Å². The molecule has 2 aromatic rings. The Bertz CT molecular complexity index is 528. The zero-order chi connectivity index (χ0) is 13.7. The van der Waals surface area contributed by atoms with Gasteiger partial charge in [0.1, 0.15) is 0 Å². The molecule has 1 unspecified atom stereocenters. The molecule has 0 spiro atoms. The number of rotatable bonds is 5. The van der Waals surface area contributed by atoms with Crippen molar-refractivity contribution < 1.29 is 5.11 Å². The van der Waals surface area contributed by atoms with Crippen molar-refractivity contribution in [3.05, 3.63) is 69.2 Å². The molecule has 1 nitrogen and oxygen atoms in total. The summed E-state index contributed by atoms with van der Waals surface area (Å²) >= 11 is 9.62. The highest BCUT2D eigenvalue weighted by atomic mass is 79.9. The van der Waals surface area contributed by atoms with Crippen LogP contribution in [0.1, 0.15) is 11.1 Å². The smallest absolute Gasteiger partial charge is 0.0465 e. The maximum absolute atomic E-state index is 9.54. The summed E-state index contributed by atoms with van der Waals surface area (Å²) < 4.78 is 0.977. The van der Waals surface area contributed by atoms with E-state index in [9.17, 15) is 5.11 Å². The van der Waals surface area contributed by atoms with Crippen molar-refractivity contribution in [1.82, 2.24) is 0 Å². The first kappa shape index (κ1) is 14.6. The van der Waals surface area contributed by atoms with E-state index in [-0.39, 0.29) is 12.5 Å². The van der Waals surface area contributed by atoms with E-state index in [1.54, 1.807) is 0 Å². The fourth-order valence-corrected chi connectivity index (χ4v) is 2.90. The van der Waals surface area contributed by atoms with Gasteiger partial charge in [0.25, 0.3) is 0 Å². The van der Waals surface area contributed by atoms with Crippen LogP contribution < -0.4 is 0 Å². The van der Waals surface area contributed by atoms with Gasteiger partial charge >= 0.3 is 0 Å². The lowest BCUT2D eigenvalue weighted by atomic mass is 9.93. The Morgan fingerprint density at radius 1 is 1.05 bits per heavy atom. The van der Waals surface area contributed by atoms with Gasteiger partial charge < -0.3 is 5.11 Å². The molecule has 19 heavy (non-hydrogen) atoms. The van der Waals surface area contributed by atoms with Crippen molar-refractivity contribution in [2.24, 2.45) is 5.92 Å². The van der Waals surface area contributed by atoms with E-state index in [2.05, 4.69) is 28.1 Å². The van der Waals surface area contributed by atoms with Crippen molar-refractivity contribution in [2.75, 3.05) is 6.61 Å². The van der Waals surface area contributed by atoms with Crippen molar-refractivity contribution in [3.63, 3.8) is 0 Å². The summed E-state index contributed by atoms with van der Waals surface area (Å²) in [5.74, 6) is 0.195. The predicted octanol–water partition coefficient (Wildman–Crippen LogP) is 4.50. The molecule has 1 N–H and O–H groups in total. The molecule has 0 bridgehead atoms. The molecule has 100 valence electrons. The summed E-state index contributed by atoms with van der Waals surface area (Å²) in [4.78, 5) is 0. The molecule has 0 saturated heterocycles. The average molecular weight is 340 g/mol. The molecule has 0 aromatic heterocycles. The minimum atomic E-state index is 0.168. The molecule has 0 aliphatic heterocycles. The second kappa shape index (κ2) is 7.09. The highest BCUT2D eigenvalue weighted by Crippen LogP contribution is 2.24. The quantitative estimate of drug-likeness (QED) is 0.850. The van der Waals surface area contributed by atoms with Crippen LogP contribution in [0, 0.1) is 5.92 Å². The number of benzene rings is 2. The summed E-state index contributed by atoms with van der Waals surface area (Å²) in [5.41, 5.74) is 2.33. The molecule has 0 saturated carbocycles. The van der Waals surface area contributed by atoms with Gasteiger partial charge in [0, 0.05) is 16.1 Å². The molecule has 2 rings (SSSR count). The largest absolute Gasteiger partial charge is 0.396 e. The SMILES string of the molecule is OCC(Cc1ccccc1)Cc1ccc(Br)cc1Cl. The molecular formula is C16H16BrClO. The first-order valence-electron chi connectivity index (χ1n) is 6.27. The van der Waals surface area contributed by atoms with Gasteiger partial charge in [-0.2, -0.15) is 0 Å². The van der Waals surface area contributed by atoms with Crippen LogP contribution in [0.4, 0.5) is 0 Å². The summed E-state index contributed by atoms with van der Waals surface area (Å²) in [5, 5.41) is 10.3. The lowest BCUT2D eigenvalue weighted by molar-refractivity contribution is 0.225. The number of hydrogen-bond acceptors (Lipinski definition) is 1. The number of halogens is 2. The molecule has 3 heteroatoms. The molecule has 0 radical (unpaired) electrons. The van der Waals surface area contributed by atoms with Gasteiger partial charge in [0.2, 0.25) is 0 Å². The third-order valence-corrected chi connectivity index (χ3v) is 3.99. The Morgan fingerprint density at radius 3 is 2.42 bits per heavy atom. The topological polar surface area (TPSA) is 20.2 Å². The van der Waals surface area contributed by atoms with Gasteiger partial charge in [-0.05, 0) is 42.0 Å². The van der Waals surface area contributed by atoms with Crippen molar-refractivity contribution in [2.45, 2.75) is 12.8 Å². The van der Waals surface area contributed by atoms with Crippen LogP contribution >= 0.6 is 27.5 Å². The van der Waals surface area contributed by atoms with E-state index in [1.807, 2.05) is 36.4 Å². The molecule has 2 aromatic carbocycles. The number of hydrogen-bond donors (Lipinski definition) is 1. The van der Waals surface area contributed by atoms with Crippen molar-refractivity contribution >= 4 is 27.5 Å². The maximum atomic E-state index is 9.54. The Labute approximate surface area is 127 Å². The van der Waals surface area contributed by atoms with Crippen molar-refractivity contribution in [1.29, 1.82) is 0 Å². The molecule has 1 atom stereocenters. The van der Waals surface area contributed by atoms with Crippen molar-refractivity contribution in [3.8, 4) is 0 Å². The monoisotopic (exact) mass is 338 g/mol. The van der Waals surface area contributed by atoms with E-state index in [4.69, 9.17) is 11.6 Å². The Kier molecular flexibility index (Phi) is 5.44. The summed E-state index contributed by atoms with van der Waals surface area (Å²) in [6.45, 7) is 0.168. The molecule has 0 amide bonds. The molecule has 0 aliphatic carbocycles. The van der Waals surface area contributed by atoms with Gasteiger partial charge in [0.15, 0.2) is 0 Å². The fraction of sp³-hybridized carbons (Fsp3) is 0.250. The van der Waals surface area contributed by atoms with Gasteiger partial charge in [-0.15, -0.1) is 0 Å². The standard InChI is InChI=1S/C16H16BrClO/c17-15-7-6-14(16(18)10-15)9-13(11-19)8-12-4-2-1-3-5-12/h1-7,10,13,19H,8-9,11H2. The Balaban J connectivity index is 2.06.